The van der Waals surface area contributed by atoms with Gasteiger partial charge < -0.3 is 9.80 Å². The summed E-state index contributed by atoms with van der Waals surface area (Å²) in [4.78, 5) is 33.3. The Kier molecular flexibility index (Phi) is 3.81. The lowest BCUT2D eigenvalue weighted by Gasteiger charge is -2.39. The van der Waals surface area contributed by atoms with E-state index in [-0.39, 0.29) is 29.1 Å². The fourth-order valence-corrected chi connectivity index (χ4v) is 3.91. The maximum atomic E-state index is 13.2. The van der Waals surface area contributed by atoms with Gasteiger partial charge in [0.25, 0.3) is 11.8 Å². The lowest BCUT2D eigenvalue weighted by Crippen LogP contribution is -2.58. The Hall–Kier alpha value is -3.46. The highest BCUT2D eigenvalue weighted by molar-refractivity contribution is 6.10. The largest absolute Gasteiger partial charge is 0.325 e. The number of carbonyl (C=O) groups excluding carboxylic acids is 2. The molecule has 2 atom stereocenters. The van der Waals surface area contributed by atoms with E-state index in [9.17, 15) is 14.9 Å². The first kappa shape index (κ1) is 17.0. The predicted octanol–water partition coefficient (Wildman–Crippen LogP) is 2.15. The molecule has 134 valence electrons. The summed E-state index contributed by atoms with van der Waals surface area (Å²) in [5, 5.41) is 9.22. The van der Waals surface area contributed by atoms with Crippen LogP contribution >= 0.6 is 0 Å². The third-order valence-electron chi connectivity index (χ3n) is 5.53. The molecule has 2 unspecified atom stereocenters. The minimum atomic E-state index is -0.822. The van der Waals surface area contributed by atoms with Gasteiger partial charge in [-0.3, -0.25) is 9.59 Å². The van der Waals surface area contributed by atoms with Crippen molar-refractivity contribution in [3.8, 4) is 6.07 Å². The summed E-state index contributed by atoms with van der Waals surface area (Å²) in [7, 11) is 3.29. The van der Waals surface area contributed by atoms with Gasteiger partial charge in [-0.25, -0.2) is 4.98 Å². The Morgan fingerprint density at radius 3 is 2.63 bits per heavy atom. The van der Waals surface area contributed by atoms with Crippen molar-refractivity contribution in [1.82, 2.24) is 14.8 Å². The van der Waals surface area contributed by atoms with Gasteiger partial charge in [0.15, 0.2) is 0 Å². The molecule has 27 heavy (non-hydrogen) atoms. The van der Waals surface area contributed by atoms with Crippen molar-refractivity contribution in [3.05, 3.63) is 71.2 Å². The van der Waals surface area contributed by atoms with Crippen LogP contribution in [0.25, 0.3) is 6.08 Å². The number of hydrogen-bond acceptors (Lipinski definition) is 4. The first-order valence-electron chi connectivity index (χ1n) is 8.69. The van der Waals surface area contributed by atoms with E-state index in [4.69, 9.17) is 0 Å². The zero-order chi connectivity index (χ0) is 19.2. The van der Waals surface area contributed by atoms with Crippen LogP contribution in [-0.2, 0) is 9.59 Å². The van der Waals surface area contributed by atoms with Crippen LogP contribution in [0.4, 0.5) is 0 Å². The number of hydrogen-bond donors (Lipinski definition) is 0. The molecule has 0 radical (unpaired) electrons. The minimum absolute atomic E-state index is 0.00258. The number of likely N-dealkylation sites (N-methyl/N-ethyl adjacent to an activating group) is 2. The van der Waals surface area contributed by atoms with Gasteiger partial charge in [0.05, 0.1) is 0 Å². The summed E-state index contributed by atoms with van der Waals surface area (Å²) in [6.45, 7) is 0. The lowest BCUT2D eigenvalue weighted by atomic mass is 9.99. The van der Waals surface area contributed by atoms with Gasteiger partial charge in [0, 0.05) is 31.8 Å². The van der Waals surface area contributed by atoms with Crippen molar-refractivity contribution in [2.24, 2.45) is 0 Å². The number of aromatic nitrogens is 1. The first-order chi connectivity index (χ1) is 13.0. The van der Waals surface area contributed by atoms with Crippen LogP contribution in [0.1, 0.15) is 29.2 Å². The number of nitriles is 1. The van der Waals surface area contributed by atoms with E-state index < -0.39 is 5.54 Å². The number of benzene rings is 1. The van der Waals surface area contributed by atoms with Gasteiger partial charge in [-0.2, -0.15) is 5.26 Å². The monoisotopic (exact) mass is 358 g/mol. The Labute approximate surface area is 157 Å². The van der Waals surface area contributed by atoms with E-state index >= 15 is 0 Å². The fourth-order valence-electron chi connectivity index (χ4n) is 3.91. The topological polar surface area (TPSA) is 77.3 Å². The summed E-state index contributed by atoms with van der Waals surface area (Å²) >= 11 is 0. The second-order valence-corrected chi connectivity index (χ2v) is 6.90. The maximum absolute atomic E-state index is 13.2. The smallest absolute Gasteiger partial charge is 0.271 e. The Balaban J connectivity index is 1.72. The molecule has 2 amide bonds. The van der Waals surface area contributed by atoms with E-state index in [0.29, 0.717) is 12.0 Å². The number of rotatable bonds is 2. The van der Waals surface area contributed by atoms with E-state index in [1.54, 1.807) is 37.2 Å². The van der Waals surface area contributed by atoms with Crippen molar-refractivity contribution in [1.29, 1.82) is 5.26 Å². The van der Waals surface area contributed by atoms with Gasteiger partial charge in [-0.15, -0.1) is 0 Å². The molecule has 6 heteroatoms. The molecule has 6 nitrogen and oxygen atoms in total. The SMILES string of the molecule is CN1C(=O)C2(CC2c2ccccc2)N(C)C(=O)C1=Cc1cccnc1C#N. The van der Waals surface area contributed by atoms with Crippen LogP contribution in [0.5, 0.6) is 0 Å². The molecule has 2 aromatic rings. The molecule has 1 saturated carbocycles. The number of amides is 2. The number of carbonyl (C=O) groups is 2. The molecule has 2 heterocycles. The van der Waals surface area contributed by atoms with Crippen LogP contribution in [0.3, 0.4) is 0 Å². The average molecular weight is 358 g/mol. The van der Waals surface area contributed by atoms with E-state index in [0.717, 1.165) is 5.56 Å². The van der Waals surface area contributed by atoms with Gasteiger partial charge in [-0.05, 0) is 24.1 Å². The molecular formula is C21H18N4O2. The zero-order valence-corrected chi connectivity index (χ0v) is 15.1. The molecule has 1 aliphatic heterocycles. The second kappa shape index (κ2) is 6.06. The fraction of sp³-hybridized carbons (Fsp3) is 0.238. The second-order valence-electron chi connectivity index (χ2n) is 6.90. The molecule has 1 saturated heterocycles. The zero-order valence-electron chi connectivity index (χ0n) is 15.1. The molecule has 2 aliphatic rings. The molecule has 0 N–H and O–H groups in total. The third kappa shape index (κ3) is 2.43. The predicted molar refractivity (Wildman–Crippen MR) is 99.0 cm³/mol. The standard InChI is InChI=1S/C21H18N4O2/c1-24-18(11-15-9-6-10-23-17(15)13-22)19(26)25(2)21(20(24)27)12-16(21)14-7-4-3-5-8-14/h3-11,16H,12H2,1-2H3. The first-order valence-corrected chi connectivity index (χ1v) is 8.69. The van der Waals surface area contributed by atoms with Crippen molar-refractivity contribution in [3.63, 3.8) is 0 Å². The van der Waals surface area contributed by atoms with Crippen LogP contribution in [0, 0.1) is 11.3 Å². The highest BCUT2D eigenvalue weighted by Gasteiger charge is 2.68. The van der Waals surface area contributed by atoms with Gasteiger partial charge in [0.2, 0.25) is 0 Å². The quantitative estimate of drug-likeness (QED) is 0.771. The Bertz CT molecular complexity index is 1010. The summed E-state index contributed by atoms with van der Waals surface area (Å²) in [6.07, 6.45) is 3.70. The van der Waals surface area contributed by atoms with Gasteiger partial charge >= 0.3 is 0 Å². The molecule has 4 rings (SSSR count). The molecule has 1 aromatic heterocycles. The molecule has 1 aromatic carbocycles. The summed E-state index contributed by atoms with van der Waals surface area (Å²) in [6, 6.07) is 15.2. The summed E-state index contributed by atoms with van der Waals surface area (Å²) < 4.78 is 0. The maximum Gasteiger partial charge on any atom is 0.271 e. The van der Waals surface area contributed by atoms with E-state index in [1.165, 1.54) is 11.1 Å². The van der Waals surface area contributed by atoms with Crippen molar-refractivity contribution in [2.75, 3.05) is 14.1 Å². The van der Waals surface area contributed by atoms with Crippen LogP contribution < -0.4 is 0 Å². The molecular weight excluding hydrogens is 340 g/mol. The van der Waals surface area contributed by atoms with Crippen molar-refractivity contribution < 1.29 is 9.59 Å². The lowest BCUT2D eigenvalue weighted by molar-refractivity contribution is -0.150. The molecule has 2 fully saturated rings. The van der Waals surface area contributed by atoms with E-state index in [2.05, 4.69) is 4.98 Å². The Morgan fingerprint density at radius 2 is 1.93 bits per heavy atom. The van der Waals surface area contributed by atoms with Crippen molar-refractivity contribution in [2.45, 2.75) is 17.9 Å². The summed E-state index contributed by atoms with van der Waals surface area (Å²) in [5.74, 6) is -0.340. The normalized spacial score (nSPS) is 25.8. The molecule has 1 spiro atoms. The van der Waals surface area contributed by atoms with Crippen LogP contribution in [0.2, 0.25) is 0 Å². The molecule has 0 bridgehead atoms. The highest BCUT2D eigenvalue weighted by Crippen LogP contribution is 2.58. The highest BCUT2D eigenvalue weighted by atomic mass is 16.2. The third-order valence-corrected chi connectivity index (χ3v) is 5.53. The Morgan fingerprint density at radius 1 is 1.19 bits per heavy atom. The average Bonchev–Trinajstić information content (AvgIpc) is 3.46. The van der Waals surface area contributed by atoms with E-state index in [1.807, 2.05) is 36.4 Å². The van der Waals surface area contributed by atoms with Crippen LogP contribution in [0.15, 0.2) is 54.4 Å². The van der Waals surface area contributed by atoms with Crippen molar-refractivity contribution >= 4 is 17.9 Å². The number of pyridine rings is 1. The van der Waals surface area contributed by atoms with Gasteiger partial charge in [0.1, 0.15) is 23.0 Å². The number of nitrogens with zero attached hydrogens (tertiary/aromatic N) is 4. The minimum Gasteiger partial charge on any atom is -0.325 e. The number of piperazine rings is 1. The molecule has 1 aliphatic carbocycles. The van der Waals surface area contributed by atoms with Gasteiger partial charge in [-0.1, -0.05) is 36.4 Å². The van der Waals surface area contributed by atoms with Crippen LogP contribution in [-0.4, -0.2) is 46.2 Å². The summed E-state index contributed by atoms with van der Waals surface area (Å²) in [5.41, 5.74) is 1.22.